The van der Waals surface area contributed by atoms with Crippen LogP contribution in [0.2, 0.25) is 0 Å². The number of aryl methyl sites for hydroxylation is 1. The van der Waals surface area contributed by atoms with Gasteiger partial charge in [-0.15, -0.1) is 13.2 Å². The number of nitrogens with one attached hydrogen (secondary N) is 1. The van der Waals surface area contributed by atoms with E-state index >= 15 is 0 Å². The number of carbonyl (C=O) groups excluding carboxylic acids is 1. The Bertz CT molecular complexity index is 1050. The number of amides is 1. The van der Waals surface area contributed by atoms with Crippen LogP contribution in [0.15, 0.2) is 34.7 Å². The molecule has 0 aliphatic rings. The summed E-state index contributed by atoms with van der Waals surface area (Å²) in [6, 6.07) is 6.69. The van der Waals surface area contributed by atoms with Crippen LogP contribution in [0.25, 0.3) is 11.3 Å². The lowest BCUT2D eigenvalue weighted by molar-refractivity contribution is -0.274. The molecule has 0 saturated heterocycles. The van der Waals surface area contributed by atoms with Gasteiger partial charge in [0, 0.05) is 23.5 Å². The second-order valence-corrected chi connectivity index (χ2v) is 7.87. The van der Waals surface area contributed by atoms with Gasteiger partial charge in [-0.3, -0.25) is 10.1 Å². The van der Waals surface area contributed by atoms with Crippen molar-refractivity contribution in [2.24, 2.45) is 0 Å². The lowest BCUT2D eigenvalue weighted by Gasteiger charge is -2.13. The highest BCUT2D eigenvalue weighted by Gasteiger charge is 2.31. The standard InChI is InChI=1S/C19H18F3N3O4S/c1-10-13(16(26)24-17-23-15(25-30-17)9-18(2,3)27)8-14(28-10)11-5-4-6-12(7-11)29-19(20,21)22/h4-8,27H,9H2,1-3H3,(H,23,24,25,26). The van der Waals surface area contributed by atoms with Crippen LogP contribution in [0.3, 0.4) is 0 Å². The maximum Gasteiger partial charge on any atom is 0.573 e. The molecule has 0 atom stereocenters. The van der Waals surface area contributed by atoms with Gasteiger partial charge in [-0.05, 0) is 39.0 Å². The molecule has 3 aromatic rings. The summed E-state index contributed by atoms with van der Waals surface area (Å²) in [5.74, 6) is -0.00517. The quantitative estimate of drug-likeness (QED) is 0.582. The molecule has 0 saturated carbocycles. The third-order valence-electron chi connectivity index (χ3n) is 3.79. The van der Waals surface area contributed by atoms with Crippen LogP contribution in [-0.2, 0) is 6.42 Å². The van der Waals surface area contributed by atoms with E-state index in [1.807, 2.05) is 0 Å². The van der Waals surface area contributed by atoms with Crippen molar-refractivity contribution in [2.45, 2.75) is 39.2 Å². The molecular formula is C19H18F3N3O4S. The average molecular weight is 441 g/mol. The smallest absolute Gasteiger partial charge is 0.461 e. The molecule has 0 radical (unpaired) electrons. The largest absolute Gasteiger partial charge is 0.573 e. The molecule has 11 heteroatoms. The third kappa shape index (κ3) is 5.80. The molecule has 2 aromatic heterocycles. The molecule has 1 aromatic carbocycles. The number of furan rings is 1. The Labute approximate surface area is 173 Å². The van der Waals surface area contributed by atoms with E-state index in [4.69, 9.17) is 4.42 Å². The Hall–Kier alpha value is -2.92. The first-order valence-electron chi connectivity index (χ1n) is 8.72. The molecule has 0 fully saturated rings. The van der Waals surface area contributed by atoms with Crippen LogP contribution >= 0.6 is 11.5 Å². The minimum atomic E-state index is -4.81. The lowest BCUT2D eigenvalue weighted by Crippen LogP contribution is -2.22. The second kappa shape index (κ2) is 8.07. The fraction of sp³-hybridized carbons (Fsp3) is 0.316. The summed E-state index contributed by atoms with van der Waals surface area (Å²) in [6.45, 7) is 4.81. The highest BCUT2D eigenvalue weighted by molar-refractivity contribution is 7.09. The SMILES string of the molecule is Cc1oc(-c2cccc(OC(F)(F)F)c2)cc1C(=O)Nc1nc(CC(C)(C)O)ns1. The van der Waals surface area contributed by atoms with Crippen molar-refractivity contribution in [1.29, 1.82) is 0 Å². The van der Waals surface area contributed by atoms with Gasteiger partial charge in [-0.2, -0.15) is 4.37 Å². The summed E-state index contributed by atoms with van der Waals surface area (Å²) in [4.78, 5) is 16.7. The normalized spacial score (nSPS) is 12.1. The molecular weight excluding hydrogens is 423 g/mol. The number of aromatic nitrogens is 2. The van der Waals surface area contributed by atoms with E-state index in [0.29, 0.717) is 11.4 Å². The zero-order chi connectivity index (χ0) is 22.1. The van der Waals surface area contributed by atoms with Gasteiger partial charge >= 0.3 is 6.36 Å². The lowest BCUT2D eigenvalue weighted by atomic mass is 10.1. The summed E-state index contributed by atoms with van der Waals surface area (Å²) in [7, 11) is 0. The van der Waals surface area contributed by atoms with E-state index in [0.717, 1.165) is 11.5 Å². The van der Waals surface area contributed by atoms with Crippen molar-refractivity contribution < 1.29 is 32.2 Å². The minimum absolute atomic E-state index is 0.200. The van der Waals surface area contributed by atoms with Crippen molar-refractivity contribution in [1.82, 2.24) is 9.36 Å². The van der Waals surface area contributed by atoms with Gasteiger partial charge < -0.3 is 14.3 Å². The molecule has 30 heavy (non-hydrogen) atoms. The van der Waals surface area contributed by atoms with Crippen LogP contribution in [0, 0.1) is 6.92 Å². The molecule has 7 nitrogen and oxygen atoms in total. The van der Waals surface area contributed by atoms with E-state index in [-0.39, 0.29) is 28.6 Å². The maximum atomic E-state index is 12.6. The van der Waals surface area contributed by atoms with Crippen molar-refractivity contribution in [3.05, 3.63) is 47.5 Å². The minimum Gasteiger partial charge on any atom is -0.461 e. The molecule has 0 spiro atoms. The Morgan fingerprint density at radius 1 is 1.30 bits per heavy atom. The van der Waals surface area contributed by atoms with Crippen LogP contribution in [-0.4, -0.2) is 32.3 Å². The van der Waals surface area contributed by atoms with Gasteiger partial charge in [-0.1, -0.05) is 12.1 Å². The van der Waals surface area contributed by atoms with E-state index in [9.17, 15) is 23.1 Å². The number of carbonyl (C=O) groups is 1. The third-order valence-corrected chi connectivity index (χ3v) is 4.46. The molecule has 1 amide bonds. The summed E-state index contributed by atoms with van der Waals surface area (Å²) in [5.41, 5.74) is -0.461. The first-order valence-corrected chi connectivity index (χ1v) is 9.50. The van der Waals surface area contributed by atoms with Crippen LogP contribution in [0.5, 0.6) is 5.75 Å². The number of alkyl halides is 3. The number of benzene rings is 1. The monoisotopic (exact) mass is 441 g/mol. The topological polar surface area (TPSA) is 97.5 Å². The van der Waals surface area contributed by atoms with Gasteiger partial charge in [0.15, 0.2) is 0 Å². The molecule has 0 bridgehead atoms. The predicted octanol–water partition coefficient (Wildman–Crippen LogP) is 4.57. The Morgan fingerprint density at radius 2 is 2.03 bits per heavy atom. The summed E-state index contributed by atoms with van der Waals surface area (Å²) in [5, 5.41) is 12.7. The number of rotatable bonds is 6. The number of hydrogen-bond donors (Lipinski definition) is 2. The number of halogens is 3. The van der Waals surface area contributed by atoms with Gasteiger partial charge in [0.25, 0.3) is 5.91 Å². The molecule has 2 N–H and O–H groups in total. The number of aliphatic hydroxyl groups is 1. The van der Waals surface area contributed by atoms with Crippen molar-refractivity contribution in [2.75, 3.05) is 5.32 Å². The van der Waals surface area contributed by atoms with E-state index in [2.05, 4.69) is 19.4 Å². The van der Waals surface area contributed by atoms with Gasteiger partial charge in [0.05, 0.1) is 11.2 Å². The van der Waals surface area contributed by atoms with Crippen LogP contribution in [0.1, 0.15) is 35.8 Å². The predicted molar refractivity (Wildman–Crippen MR) is 103 cm³/mol. The molecule has 160 valence electrons. The van der Waals surface area contributed by atoms with Gasteiger partial charge in [0.1, 0.15) is 23.1 Å². The Kier molecular flexibility index (Phi) is 5.86. The van der Waals surface area contributed by atoms with Crippen molar-refractivity contribution in [3.63, 3.8) is 0 Å². The first kappa shape index (κ1) is 21.8. The highest BCUT2D eigenvalue weighted by Crippen LogP contribution is 2.31. The van der Waals surface area contributed by atoms with Crippen LogP contribution in [0.4, 0.5) is 18.3 Å². The van der Waals surface area contributed by atoms with E-state index < -0.39 is 23.6 Å². The number of ether oxygens (including phenoxy) is 1. The van der Waals surface area contributed by atoms with E-state index in [1.165, 1.54) is 30.3 Å². The molecule has 0 aliphatic heterocycles. The fourth-order valence-corrected chi connectivity index (χ4v) is 3.21. The number of hydrogen-bond acceptors (Lipinski definition) is 7. The second-order valence-electron chi connectivity index (χ2n) is 7.12. The summed E-state index contributed by atoms with van der Waals surface area (Å²) < 4.78 is 50.8. The van der Waals surface area contributed by atoms with Crippen molar-refractivity contribution in [3.8, 4) is 17.1 Å². The Morgan fingerprint density at radius 3 is 2.70 bits per heavy atom. The number of nitrogens with zero attached hydrogens (tertiary/aromatic N) is 2. The van der Waals surface area contributed by atoms with Gasteiger partial charge in [-0.25, -0.2) is 4.98 Å². The fourth-order valence-electron chi connectivity index (χ4n) is 2.62. The maximum absolute atomic E-state index is 12.6. The van der Waals surface area contributed by atoms with Gasteiger partial charge in [0.2, 0.25) is 5.13 Å². The zero-order valence-electron chi connectivity index (χ0n) is 16.2. The summed E-state index contributed by atoms with van der Waals surface area (Å²) in [6.07, 6.45) is -4.58. The average Bonchev–Trinajstić information content (AvgIpc) is 3.18. The van der Waals surface area contributed by atoms with Crippen molar-refractivity contribution >= 4 is 22.6 Å². The molecule has 3 rings (SSSR count). The number of anilines is 1. The van der Waals surface area contributed by atoms with Crippen LogP contribution < -0.4 is 10.1 Å². The Balaban J connectivity index is 1.76. The summed E-state index contributed by atoms with van der Waals surface area (Å²) >= 11 is 0.972. The van der Waals surface area contributed by atoms with E-state index in [1.54, 1.807) is 20.8 Å². The highest BCUT2D eigenvalue weighted by atomic mass is 32.1. The molecule has 0 aliphatic carbocycles. The first-order chi connectivity index (χ1) is 13.9. The molecule has 2 heterocycles. The molecule has 0 unspecified atom stereocenters. The zero-order valence-corrected chi connectivity index (χ0v) is 17.0.